The molecule has 8 rings (SSSR count). The van der Waals surface area contributed by atoms with Gasteiger partial charge >= 0.3 is 5.97 Å². The minimum atomic E-state index is -0.952. The molecule has 1 N–H and O–H groups in total. The molecular weight excluding hydrogens is 561 g/mol. The van der Waals surface area contributed by atoms with Gasteiger partial charge < -0.3 is 23.9 Å². The quantitative estimate of drug-likeness (QED) is 0.306. The predicted molar refractivity (Wildman–Crippen MR) is 153 cm³/mol. The molecule has 5 heterocycles. The number of carbonyl (C=O) groups is 1. The van der Waals surface area contributed by atoms with E-state index in [0.29, 0.717) is 28.6 Å². The molecule has 8 nitrogen and oxygen atoms in total. The fourth-order valence-electron chi connectivity index (χ4n) is 7.24. The smallest absolute Gasteiger partial charge is 0.335 e. The van der Waals surface area contributed by atoms with Crippen LogP contribution in [0.15, 0.2) is 54.6 Å². The largest absolute Gasteiger partial charge is 0.485 e. The molecule has 0 bridgehead atoms. The number of piperidine rings is 1. The standard InChI is InChI=1S/C32H29ClFN3O5/c33-19-5-6-21(22(34)14-19)28-16-41-27-3-1-2-20(31(27)42-28)17-8-10-36-15-29-35-23-7-4-18(32(38)39)13-24(23)37(29)30(25(36)12-17)26-9-11-40-26/h1-7,13-14,17,25-26,28,30H,8-12,15-16H2,(H,38,39)/t17?,25?,26?,28-,30?/m1/s1. The van der Waals surface area contributed by atoms with E-state index in [0.717, 1.165) is 54.8 Å². The van der Waals surface area contributed by atoms with Crippen molar-refractivity contribution in [2.24, 2.45) is 0 Å². The number of aromatic nitrogens is 2. The summed E-state index contributed by atoms with van der Waals surface area (Å²) in [6.45, 7) is 2.51. The Hall–Kier alpha value is -3.66. The number of benzene rings is 3. The van der Waals surface area contributed by atoms with Gasteiger partial charge in [-0.25, -0.2) is 14.2 Å². The van der Waals surface area contributed by atoms with E-state index in [4.69, 9.17) is 30.8 Å². The SMILES string of the molecule is O=C(O)c1ccc2nc3n(c2c1)C(C1CCO1)C1CC(c2cccc4c2O[C@@H](c2ccc(Cl)cc2F)CO4)CCN1C3. The Bertz CT molecular complexity index is 1720. The van der Waals surface area contributed by atoms with Gasteiger partial charge in [-0.3, -0.25) is 4.90 Å². The lowest BCUT2D eigenvalue weighted by Crippen LogP contribution is -2.55. The third-order valence-electron chi connectivity index (χ3n) is 9.33. The minimum absolute atomic E-state index is 0.00645. The summed E-state index contributed by atoms with van der Waals surface area (Å²) >= 11 is 5.99. The van der Waals surface area contributed by atoms with E-state index in [1.165, 1.54) is 6.07 Å². The second-order valence-corrected chi connectivity index (χ2v) is 12.0. The van der Waals surface area contributed by atoms with Gasteiger partial charge in [-0.2, -0.15) is 0 Å². The van der Waals surface area contributed by atoms with Crippen LogP contribution in [-0.2, 0) is 11.3 Å². The van der Waals surface area contributed by atoms with Crippen molar-refractivity contribution in [3.8, 4) is 11.5 Å². The molecule has 1 aromatic heterocycles. The number of nitrogens with zero attached hydrogens (tertiary/aromatic N) is 3. The molecule has 4 aromatic rings. The van der Waals surface area contributed by atoms with Crippen molar-refractivity contribution in [1.82, 2.24) is 14.5 Å². The van der Waals surface area contributed by atoms with Crippen molar-refractivity contribution in [2.45, 2.75) is 56.0 Å². The van der Waals surface area contributed by atoms with Crippen LogP contribution in [0.2, 0.25) is 5.02 Å². The van der Waals surface area contributed by atoms with Crippen LogP contribution in [0, 0.1) is 5.82 Å². The summed E-state index contributed by atoms with van der Waals surface area (Å²) in [4.78, 5) is 19.2. The van der Waals surface area contributed by atoms with Crippen molar-refractivity contribution in [3.05, 3.63) is 88.0 Å². The molecule has 10 heteroatoms. The van der Waals surface area contributed by atoms with Gasteiger partial charge in [-0.05, 0) is 68.1 Å². The van der Waals surface area contributed by atoms with Crippen LogP contribution in [0.3, 0.4) is 0 Å². The number of carboxylic acid groups (broad SMARTS) is 1. The summed E-state index contributed by atoms with van der Waals surface area (Å²) in [7, 11) is 0. The van der Waals surface area contributed by atoms with Crippen molar-refractivity contribution < 1.29 is 28.5 Å². The monoisotopic (exact) mass is 589 g/mol. The average molecular weight is 590 g/mol. The van der Waals surface area contributed by atoms with Gasteiger partial charge in [0.15, 0.2) is 17.6 Å². The molecule has 0 spiro atoms. The first-order valence-corrected chi connectivity index (χ1v) is 14.8. The molecule has 0 amide bonds. The summed E-state index contributed by atoms with van der Waals surface area (Å²) in [5.41, 5.74) is 3.38. The number of imidazole rings is 1. The fraction of sp³-hybridized carbons (Fsp3) is 0.375. The summed E-state index contributed by atoms with van der Waals surface area (Å²) in [5.74, 6) is 1.12. The second kappa shape index (κ2) is 9.97. The first-order chi connectivity index (χ1) is 20.4. The number of ether oxygens (including phenoxy) is 3. The number of carboxylic acids is 1. The van der Waals surface area contributed by atoms with Crippen LogP contribution in [-0.4, -0.2) is 57.4 Å². The molecule has 5 atom stereocenters. The van der Waals surface area contributed by atoms with Crippen LogP contribution >= 0.6 is 11.6 Å². The number of hydrogen-bond acceptors (Lipinski definition) is 6. The van der Waals surface area contributed by atoms with Gasteiger partial charge in [0, 0.05) is 28.8 Å². The van der Waals surface area contributed by atoms with Crippen LogP contribution in [0.25, 0.3) is 11.0 Å². The first-order valence-electron chi connectivity index (χ1n) is 14.4. The first kappa shape index (κ1) is 26.0. The van der Waals surface area contributed by atoms with Crippen molar-refractivity contribution in [1.29, 1.82) is 0 Å². The summed E-state index contributed by atoms with van der Waals surface area (Å²) in [5, 5.41) is 10.0. The molecule has 0 radical (unpaired) electrons. The van der Waals surface area contributed by atoms with Crippen LogP contribution in [0.1, 0.15) is 64.6 Å². The molecule has 3 aromatic carbocycles. The number of rotatable bonds is 4. The fourth-order valence-corrected chi connectivity index (χ4v) is 7.40. The van der Waals surface area contributed by atoms with E-state index >= 15 is 0 Å². The van der Waals surface area contributed by atoms with Gasteiger partial charge in [0.1, 0.15) is 18.2 Å². The topological polar surface area (TPSA) is 86.0 Å². The maximum atomic E-state index is 14.8. The summed E-state index contributed by atoms with van der Waals surface area (Å²) in [6, 6.07) is 16.0. The van der Waals surface area contributed by atoms with Crippen LogP contribution in [0.4, 0.5) is 4.39 Å². The lowest BCUT2D eigenvalue weighted by molar-refractivity contribution is -0.112. The highest BCUT2D eigenvalue weighted by Crippen LogP contribution is 2.49. The molecule has 2 fully saturated rings. The molecule has 4 aliphatic heterocycles. The van der Waals surface area contributed by atoms with Gasteiger partial charge in [0.2, 0.25) is 0 Å². The molecule has 42 heavy (non-hydrogen) atoms. The van der Waals surface area contributed by atoms with Crippen molar-refractivity contribution in [3.63, 3.8) is 0 Å². The minimum Gasteiger partial charge on any atom is -0.485 e. The molecule has 0 saturated carbocycles. The third-order valence-corrected chi connectivity index (χ3v) is 9.57. The zero-order chi connectivity index (χ0) is 28.5. The predicted octanol–water partition coefficient (Wildman–Crippen LogP) is 6.13. The van der Waals surface area contributed by atoms with Crippen LogP contribution < -0.4 is 9.47 Å². The van der Waals surface area contributed by atoms with Gasteiger partial charge in [-0.1, -0.05) is 29.8 Å². The van der Waals surface area contributed by atoms with Crippen LogP contribution in [0.5, 0.6) is 11.5 Å². The zero-order valence-corrected chi connectivity index (χ0v) is 23.5. The molecular formula is C32H29ClFN3O5. The highest BCUT2D eigenvalue weighted by Gasteiger charge is 2.47. The Morgan fingerprint density at radius 1 is 1.10 bits per heavy atom. The zero-order valence-electron chi connectivity index (χ0n) is 22.7. The second-order valence-electron chi connectivity index (χ2n) is 11.6. The average Bonchev–Trinajstić information content (AvgIpc) is 3.32. The van der Waals surface area contributed by atoms with Crippen molar-refractivity contribution in [2.75, 3.05) is 19.8 Å². The summed E-state index contributed by atoms with van der Waals surface area (Å²) in [6.07, 6.45) is 2.19. The van der Waals surface area contributed by atoms with E-state index in [1.54, 1.807) is 30.3 Å². The van der Waals surface area contributed by atoms with E-state index in [2.05, 4.69) is 15.5 Å². The molecule has 216 valence electrons. The summed E-state index contributed by atoms with van der Waals surface area (Å²) < 4.78 is 35.7. The number of para-hydroxylation sites is 1. The van der Waals surface area contributed by atoms with Crippen molar-refractivity contribution >= 4 is 28.6 Å². The lowest BCUT2D eigenvalue weighted by Gasteiger charge is -2.51. The van der Waals surface area contributed by atoms with Gasteiger partial charge in [0.25, 0.3) is 0 Å². The van der Waals surface area contributed by atoms with E-state index < -0.39 is 17.9 Å². The molecule has 0 aliphatic carbocycles. The highest BCUT2D eigenvalue weighted by molar-refractivity contribution is 6.30. The van der Waals surface area contributed by atoms with E-state index in [-0.39, 0.29) is 36.3 Å². The number of hydrogen-bond donors (Lipinski definition) is 1. The molecule has 2 saturated heterocycles. The van der Waals surface area contributed by atoms with Gasteiger partial charge in [0.05, 0.1) is 35.3 Å². The van der Waals surface area contributed by atoms with E-state index in [9.17, 15) is 14.3 Å². The maximum absolute atomic E-state index is 14.8. The molecule has 4 aliphatic rings. The number of aromatic carboxylic acids is 1. The van der Waals surface area contributed by atoms with E-state index in [1.807, 2.05) is 12.1 Å². The maximum Gasteiger partial charge on any atom is 0.335 e. The normalized spacial score (nSPS) is 26.8. The number of halogens is 2. The Labute approximate surface area is 246 Å². The van der Waals surface area contributed by atoms with Gasteiger partial charge in [-0.15, -0.1) is 0 Å². The highest BCUT2D eigenvalue weighted by atomic mass is 35.5. The lowest BCUT2D eigenvalue weighted by atomic mass is 9.79. The Morgan fingerprint density at radius 2 is 1.98 bits per heavy atom. The Balaban J connectivity index is 1.14. The Kier molecular flexibility index (Phi) is 6.17. The molecule has 4 unspecified atom stereocenters. The number of fused-ring (bicyclic) bond motifs is 5. The third kappa shape index (κ3) is 4.17. The Morgan fingerprint density at radius 3 is 2.76 bits per heavy atom.